The smallest absolute Gasteiger partial charge is 0.435 e. The van der Waals surface area contributed by atoms with Gasteiger partial charge in [0, 0.05) is 0 Å². The second-order valence-corrected chi connectivity index (χ2v) is 3.65. The molecule has 3 nitrogen and oxygen atoms in total. The topological polar surface area (TPSA) is 35.5 Å². The lowest BCUT2D eigenvalue weighted by atomic mass is 10.1. The fourth-order valence-electron chi connectivity index (χ4n) is 1.37. The molecule has 90 valence electrons. The molecule has 0 bridgehead atoms. The highest BCUT2D eigenvalue weighted by Gasteiger charge is 2.00. The van der Waals surface area contributed by atoms with E-state index < -0.39 is 6.16 Å². The minimum Gasteiger partial charge on any atom is -0.435 e. The molecule has 0 aromatic rings. The molecule has 0 aliphatic carbocycles. The molecule has 0 saturated carbocycles. The van der Waals surface area contributed by atoms with Crippen LogP contribution in [0.15, 0.2) is 0 Å². The van der Waals surface area contributed by atoms with Crippen molar-refractivity contribution in [1.82, 2.24) is 0 Å². The Morgan fingerprint density at radius 3 is 2.07 bits per heavy atom. The van der Waals surface area contributed by atoms with Crippen molar-refractivity contribution in [1.29, 1.82) is 0 Å². The number of ether oxygens (including phenoxy) is 2. The van der Waals surface area contributed by atoms with Gasteiger partial charge in [0.05, 0.1) is 13.2 Å². The lowest BCUT2D eigenvalue weighted by Crippen LogP contribution is -2.07. The van der Waals surface area contributed by atoms with Crippen molar-refractivity contribution >= 4 is 6.16 Å². The summed E-state index contributed by atoms with van der Waals surface area (Å²) in [5.41, 5.74) is 0. The maximum absolute atomic E-state index is 10.8. The minimum absolute atomic E-state index is 0.385. The van der Waals surface area contributed by atoms with E-state index in [0.717, 1.165) is 12.8 Å². The van der Waals surface area contributed by atoms with Crippen molar-refractivity contribution in [2.75, 3.05) is 13.2 Å². The molecule has 0 rings (SSSR count). The van der Waals surface area contributed by atoms with Crippen LogP contribution in [-0.4, -0.2) is 19.4 Å². The van der Waals surface area contributed by atoms with Crippen molar-refractivity contribution < 1.29 is 14.3 Å². The van der Waals surface area contributed by atoms with Gasteiger partial charge in [0.15, 0.2) is 0 Å². The van der Waals surface area contributed by atoms with Gasteiger partial charge >= 0.3 is 6.16 Å². The Labute approximate surface area is 93.1 Å². The molecule has 0 radical (unpaired) electrons. The Morgan fingerprint density at radius 1 is 0.867 bits per heavy atom. The lowest BCUT2D eigenvalue weighted by Gasteiger charge is -2.04. The Hall–Kier alpha value is -0.730. The monoisotopic (exact) mass is 216 g/mol. The molecule has 0 unspecified atom stereocenters. The molecule has 0 saturated heterocycles. The average molecular weight is 216 g/mol. The predicted molar refractivity (Wildman–Crippen MR) is 61.0 cm³/mol. The van der Waals surface area contributed by atoms with Crippen molar-refractivity contribution in [2.45, 2.75) is 58.8 Å². The SMILES string of the molecule is CCCCCCCCCOC(=O)OCC. The van der Waals surface area contributed by atoms with Crippen LogP contribution in [0.2, 0.25) is 0 Å². The molecule has 0 aromatic heterocycles. The summed E-state index contributed by atoms with van der Waals surface area (Å²) in [6.45, 7) is 4.87. The zero-order valence-electron chi connectivity index (χ0n) is 10.1. The van der Waals surface area contributed by atoms with E-state index in [1.54, 1.807) is 6.92 Å². The van der Waals surface area contributed by atoms with Crippen LogP contribution in [0.1, 0.15) is 58.8 Å². The van der Waals surface area contributed by atoms with Crippen molar-refractivity contribution in [3.63, 3.8) is 0 Å². The van der Waals surface area contributed by atoms with Gasteiger partial charge in [-0.1, -0.05) is 45.4 Å². The molecule has 0 spiro atoms. The third-order valence-corrected chi connectivity index (χ3v) is 2.23. The van der Waals surface area contributed by atoms with Crippen LogP contribution in [0.4, 0.5) is 4.79 Å². The Bertz CT molecular complexity index is 146. The van der Waals surface area contributed by atoms with Gasteiger partial charge in [0.1, 0.15) is 0 Å². The molecule has 15 heavy (non-hydrogen) atoms. The van der Waals surface area contributed by atoms with E-state index in [0.29, 0.717) is 13.2 Å². The molecular weight excluding hydrogens is 192 g/mol. The van der Waals surface area contributed by atoms with Gasteiger partial charge in [-0.05, 0) is 13.3 Å². The molecular formula is C12H24O3. The Balaban J connectivity index is 3.01. The van der Waals surface area contributed by atoms with Crippen molar-refractivity contribution in [2.24, 2.45) is 0 Å². The largest absolute Gasteiger partial charge is 0.508 e. The van der Waals surface area contributed by atoms with Crippen LogP contribution in [0.5, 0.6) is 0 Å². The van der Waals surface area contributed by atoms with Crippen LogP contribution < -0.4 is 0 Å². The van der Waals surface area contributed by atoms with E-state index in [1.165, 1.54) is 32.1 Å². The van der Waals surface area contributed by atoms with Gasteiger partial charge in [-0.25, -0.2) is 4.79 Å². The normalized spacial score (nSPS) is 10.0. The second kappa shape index (κ2) is 11.3. The molecule has 0 heterocycles. The maximum atomic E-state index is 10.8. The third kappa shape index (κ3) is 11.2. The van der Waals surface area contributed by atoms with Gasteiger partial charge in [-0.15, -0.1) is 0 Å². The van der Waals surface area contributed by atoms with E-state index in [4.69, 9.17) is 4.74 Å². The van der Waals surface area contributed by atoms with Crippen LogP contribution in [0, 0.1) is 0 Å². The highest BCUT2D eigenvalue weighted by Crippen LogP contribution is 2.06. The molecule has 0 amide bonds. The number of unbranched alkanes of at least 4 members (excludes halogenated alkanes) is 6. The van der Waals surface area contributed by atoms with Gasteiger partial charge in [-0.3, -0.25) is 0 Å². The van der Waals surface area contributed by atoms with E-state index in [1.807, 2.05) is 0 Å². The number of carbonyl (C=O) groups excluding carboxylic acids is 1. The highest BCUT2D eigenvalue weighted by atomic mass is 16.7. The standard InChI is InChI=1S/C12H24O3/c1-3-5-6-7-8-9-10-11-15-12(13)14-4-2/h3-11H2,1-2H3. The quantitative estimate of drug-likeness (QED) is 0.433. The molecule has 0 atom stereocenters. The van der Waals surface area contributed by atoms with Crippen LogP contribution in [0.25, 0.3) is 0 Å². The average Bonchev–Trinajstić information content (AvgIpc) is 2.22. The number of carbonyl (C=O) groups is 1. The Morgan fingerprint density at radius 2 is 1.47 bits per heavy atom. The summed E-state index contributed by atoms with van der Waals surface area (Å²) in [5.74, 6) is 0. The van der Waals surface area contributed by atoms with E-state index >= 15 is 0 Å². The molecule has 0 aliphatic heterocycles. The van der Waals surface area contributed by atoms with Crippen molar-refractivity contribution in [3.8, 4) is 0 Å². The summed E-state index contributed by atoms with van der Waals surface area (Å²) in [6.07, 6.45) is 8.04. The summed E-state index contributed by atoms with van der Waals surface area (Å²) in [4.78, 5) is 10.8. The minimum atomic E-state index is -0.538. The predicted octanol–water partition coefficient (Wildman–Crippen LogP) is 3.91. The zero-order chi connectivity index (χ0) is 11.4. The molecule has 3 heteroatoms. The first-order valence-electron chi connectivity index (χ1n) is 6.10. The summed E-state index contributed by atoms with van der Waals surface area (Å²) >= 11 is 0. The fraction of sp³-hybridized carbons (Fsp3) is 0.917. The zero-order valence-corrected chi connectivity index (χ0v) is 10.1. The molecule has 0 aliphatic rings. The summed E-state index contributed by atoms with van der Waals surface area (Å²) in [5, 5.41) is 0. The highest BCUT2D eigenvalue weighted by molar-refractivity contribution is 5.59. The van der Waals surface area contributed by atoms with Crippen LogP contribution in [0.3, 0.4) is 0 Å². The maximum Gasteiger partial charge on any atom is 0.508 e. The number of rotatable bonds is 9. The summed E-state index contributed by atoms with van der Waals surface area (Å²) in [7, 11) is 0. The van der Waals surface area contributed by atoms with E-state index in [2.05, 4.69) is 11.7 Å². The molecule has 0 aromatic carbocycles. The lowest BCUT2D eigenvalue weighted by molar-refractivity contribution is 0.0578. The summed E-state index contributed by atoms with van der Waals surface area (Å²) in [6, 6.07) is 0. The first-order chi connectivity index (χ1) is 7.31. The number of hydrogen-bond donors (Lipinski definition) is 0. The first-order valence-corrected chi connectivity index (χ1v) is 6.10. The van der Waals surface area contributed by atoms with E-state index in [-0.39, 0.29) is 0 Å². The third-order valence-electron chi connectivity index (χ3n) is 2.23. The van der Waals surface area contributed by atoms with Crippen LogP contribution >= 0.6 is 0 Å². The molecule has 0 N–H and O–H groups in total. The van der Waals surface area contributed by atoms with Gasteiger partial charge < -0.3 is 9.47 Å². The molecule has 0 fully saturated rings. The summed E-state index contributed by atoms with van der Waals surface area (Å²) < 4.78 is 9.49. The number of hydrogen-bond acceptors (Lipinski definition) is 3. The fourth-order valence-corrected chi connectivity index (χ4v) is 1.37. The Kier molecular flexibility index (Phi) is 10.8. The van der Waals surface area contributed by atoms with E-state index in [9.17, 15) is 4.79 Å². The second-order valence-electron chi connectivity index (χ2n) is 3.65. The van der Waals surface area contributed by atoms with Crippen LogP contribution in [-0.2, 0) is 9.47 Å². The van der Waals surface area contributed by atoms with Gasteiger partial charge in [0.25, 0.3) is 0 Å². The van der Waals surface area contributed by atoms with Gasteiger partial charge in [0.2, 0.25) is 0 Å². The first kappa shape index (κ1) is 14.3. The van der Waals surface area contributed by atoms with Gasteiger partial charge in [-0.2, -0.15) is 0 Å². The van der Waals surface area contributed by atoms with Crippen molar-refractivity contribution in [3.05, 3.63) is 0 Å².